The molecule has 0 spiro atoms. The first-order chi connectivity index (χ1) is 8.20. The van der Waals surface area contributed by atoms with Gasteiger partial charge in [0.1, 0.15) is 5.75 Å². The van der Waals surface area contributed by atoms with Gasteiger partial charge in [-0.1, -0.05) is 34.6 Å². The number of ether oxygens (including phenoxy) is 1. The van der Waals surface area contributed by atoms with Gasteiger partial charge in [0.05, 0.1) is 6.61 Å². The predicted octanol–water partition coefficient (Wildman–Crippen LogP) is 4.52. The van der Waals surface area contributed by atoms with E-state index in [1.165, 1.54) is 5.56 Å². The Balaban J connectivity index is 2.84. The van der Waals surface area contributed by atoms with Crippen LogP contribution in [0.3, 0.4) is 0 Å². The maximum absolute atomic E-state index is 5.97. The van der Waals surface area contributed by atoms with E-state index in [1.54, 1.807) is 0 Å². The second-order valence-corrected chi connectivity index (χ2v) is 6.56. The van der Waals surface area contributed by atoms with Crippen LogP contribution in [0, 0.1) is 12.3 Å². The van der Waals surface area contributed by atoms with Crippen molar-refractivity contribution in [3.05, 3.63) is 23.3 Å². The molecule has 0 saturated heterocycles. The molecule has 0 amide bonds. The maximum atomic E-state index is 5.97. The number of benzene rings is 1. The molecule has 0 atom stereocenters. The molecule has 102 valence electrons. The largest absolute Gasteiger partial charge is 0.493 e. The van der Waals surface area contributed by atoms with Crippen LogP contribution < -0.4 is 10.5 Å². The fourth-order valence-corrected chi connectivity index (χ4v) is 1.76. The predicted molar refractivity (Wildman–Crippen MR) is 79.2 cm³/mol. The van der Waals surface area contributed by atoms with E-state index in [0.717, 1.165) is 30.0 Å². The van der Waals surface area contributed by atoms with Crippen LogP contribution in [0.15, 0.2) is 12.1 Å². The van der Waals surface area contributed by atoms with Gasteiger partial charge in [0, 0.05) is 5.69 Å². The van der Waals surface area contributed by atoms with Crippen molar-refractivity contribution in [1.29, 1.82) is 0 Å². The second-order valence-electron chi connectivity index (χ2n) is 6.56. The minimum Gasteiger partial charge on any atom is -0.493 e. The number of anilines is 1. The molecular weight excluding hydrogens is 222 g/mol. The highest BCUT2D eigenvalue weighted by Gasteiger charge is 2.13. The summed E-state index contributed by atoms with van der Waals surface area (Å²) in [6.07, 6.45) is 1.05. The zero-order chi connectivity index (χ0) is 13.9. The molecule has 0 aromatic heterocycles. The highest BCUT2D eigenvalue weighted by molar-refractivity contribution is 5.55. The molecule has 1 aromatic carbocycles. The van der Waals surface area contributed by atoms with E-state index >= 15 is 0 Å². The molecule has 2 heteroatoms. The van der Waals surface area contributed by atoms with E-state index < -0.39 is 0 Å². The van der Waals surface area contributed by atoms with Crippen molar-refractivity contribution in [2.45, 2.75) is 53.9 Å². The van der Waals surface area contributed by atoms with Gasteiger partial charge in [0.2, 0.25) is 0 Å². The molecular formula is C16H27NO. The van der Waals surface area contributed by atoms with Crippen molar-refractivity contribution in [3.63, 3.8) is 0 Å². The fraction of sp³-hybridized carbons (Fsp3) is 0.625. The number of nitrogens with two attached hydrogens (primary N) is 1. The molecule has 0 unspecified atom stereocenters. The molecule has 0 fully saturated rings. The summed E-state index contributed by atoms with van der Waals surface area (Å²) >= 11 is 0. The Kier molecular flexibility index (Phi) is 4.66. The van der Waals surface area contributed by atoms with E-state index in [9.17, 15) is 0 Å². The van der Waals surface area contributed by atoms with E-state index in [0.29, 0.717) is 11.3 Å². The average Bonchev–Trinajstić information content (AvgIpc) is 2.20. The standard InChI is InChI=1S/C16H27NO/c1-11(2)13-10-14(17)12(3)9-15(13)18-8-7-16(4,5)6/h9-11H,7-8,17H2,1-6H3. The maximum Gasteiger partial charge on any atom is 0.123 e. The first kappa shape index (κ1) is 14.9. The van der Waals surface area contributed by atoms with Gasteiger partial charge in [-0.25, -0.2) is 0 Å². The van der Waals surface area contributed by atoms with Crippen molar-refractivity contribution in [3.8, 4) is 5.75 Å². The minimum atomic E-state index is 0.306. The summed E-state index contributed by atoms with van der Waals surface area (Å²) in [4.78, 5) is 0. The van der Waals surface area contributed by atoms with Crippen molar-refractivity contribution >= 4 is 5.69 Å². The first-order valence-electron chi connectivity index (χ1n) is 6.73. The summed E-state index contributed by atoms with van der Waals surface area (Å²) in [5, 5.41) is 0. The molecule has 0 aliphatic heterocycles. The highest BCUT2D eigenvalue weighted by Crippen LogP contribution is 2.31. The molecule has 1 aromatic rings. The third kappa shape index (κ3) is 4.25. The van der Waals surface area contributed by atoms with Crippen molar-refractivity contribution in [2.24, 2.45) is 5.41 Å². The van der Waals surface area contributed by atoms with Crippen LogP contribution in [0.2, 0.25) is 0 Å². The Bertz CT molecular complexity index is 402. The van der Waals surface area contributed by atoms with Gasteiger partial charge < -0.3 is 10.5 Å². The van der Waals surface area contributed by atoms with Crippen molar-refractivity contribution in [2.75, 3.05) is 12.3 Å². The monoisotopic (exact) mass is 249 g/mol. The quantitative estimate of drug-likeness (QED) is 0.796. The van der Waals surface area contributed by atoms with Gasteiger partial charge in [0.25, 0.3) is 0 Å². The Morgan fingerprint density at radius 2 is 1.83 bits per heavy atom. The minimum absolute atomic E-state index is 0.306. The summed E-state index contributed by atoms with van der Waals surface area (Å²) in [6.45, 7) is 13.8. The summed E-state index contributed by atoms with van der Waals surface area (Å²) < 4.78 is 5.95. The van der Waals surface area contributed by atoms with Gasteiger partial charge >= 0.3 is 0 Å². The average molecular weight is 249 g/mol. The van der Waals surface area contributed by atoms with Gasteiger partial charge in [-0.2, -0.15) is 0 Å². The van der Waals surface area contributed by atoms with Crippen LogP contribution in [0.1, 0.15) is 58.1 Å². The SMILES string of the molecule is Cc1cc(OCCC(C)(C)C)c(C(C)C)cc1N. The topological polar surface area (TPSA) is 35.2 Å². The van der Waals surface area contributed by atoms with Gasteiger partial charge in [-0.05, 0) is 47.9 Å². The third-order valence-electron chi connectivity index (χ3n) is 3.13. The molecule has 1 rings (SSSR count). The Labute approximate surface area is 112 Å². The number of aryl methyl sites for hydroxylation is 1. The van der Waals surface area contributed by atoms with Crippen LogP contribution in [0.5, 0.6) is 5.75 Å². The molecule has 0 aliphatic carbocycles. The molecule has 0 radical (unpaired) electrons. The van der Waals surface area contributed by atoms with Gasteiger partial charge in [-0.15, -0.1) is 0 Å². The highest BCUT2D eigenvalue weighted by atomic mass is 16.5. The summed E-state index contributed by atoms with van der Waals surface area (Å²) in [7, 11) is 0. The van der Waals surface area contributed by atoms with E-state index in [-0.39, 0.29) is 0 Å². The number of nitrogen functional groups attached to an aromatic ring is 1. The van der Waals surface area contributed by atoms with E-state index in [1.807, 2.05) is 13.0 Å². The lowest BCUT2D eigenvalue weighted by atomic mass is 9.93. The lowest BCUT2D eigenvalue weighted by Gasteiger charge is -2.20. The fourth-order valence-electron chi connectivity index (χ4n) is 1.76. The van der Waals surface area contributed by atoms with Crippen molar-refractivity contribution in [1.82, 2.24) is 0 Å². The number of rotatable bonds is 4. The zero-order valence-corrected chi connectivity index (χ0v) is 12.6. The van der Waals surface area contributed by atoms with E-state index in [4.69, 9.17) is 10.5 Å². The lowest BCUT2D eigenvalue weighted by molar-refractivity contribution is 0.241. The second kappa shape index (κ2) is 5.64. The van der Waals surface area contributed by atoms with Crippen LogP contribution >= 0.6 is 0 Å². The Hall–Kier alpha value is -1.18. The first-order valence-corrected chi connectivity index (χ1v) is 6.73. The van der Waals surface area contributed by atoms with E-state index in [2.05, 4.69) is 40.7 Å². The van der Waals surface area contributed by atoms with Crippen LogP contribution in [-0.4, -0.2) is 6.61 Å². The van der Waals surface area contributed by atoms with Crippen LogP contribution in [0.25, 0.3) is 0 Å². The molecule has 0 heterocycles. The molecule has 0 bridgehead atoms. The molecule has 0 saturated carbocycles. The Morgan fingerprint density at radius 3 is 2.33 bits per heavy atom. The zero-order valence-electron chi connectivity index (χ0n) is 12.6. The van der Waals surface area contributed by atoms with Crippen LogP contribution in [-0.2, 0) is 0 Å². The third-order valence-corrected chi connectivity index (χ3v) is 3.13. The van der Waals surface area contributed by atoms with Crippen LogP contribution in [0.4, 0.5) is 5.69 Å². The Morgan fingerprint density at radius 1 is 1.22 bits per heavy atom. The lowest BCUT2D eigenvalue weighted by Crippen LogP contribution is -2.12. The summed E-state index contributed by atoms with van der Waals surface area (Å²) in [6, 6.07) is 4.11. The molecule has 18 heavy (non-hydrogen) atoms. The van der Waals surface area contributed by atoms with Crippen molar-refractivity contribution < 1.29 is 4.74 Å². The summed E-state index contributed by atoms with van der Waals surface area (Å²) in [5.41, 5.74) is 9.41. The normalized spacial score (nSPS) is 11.9. The molecule has 0 aliphatic rings. The molecule has 2 N–H and O–H groups in total. The number of hydrogen-bond acceptors (Lipinski definition) is 2. The van der Waals surface area contributed by atoms with Gasteiger partial charge in [0.15, 0.2) is 0 Å². The summed E-state index contributed by atoms with van der Waals surface area (Å²) in [5.74, 6) is 1.42. The van der Waals surface area contributed by atoms with Gasteiger partial charge in [-0.3, -0.25) is 0 Å². The molecule has 2 nitrogen and oxygen atoms in total. The number of hydrogen-bond donors (Lipinski definition) is 1. The smallest absolute Gasteiger partial charge is 0.123 e.